The largest absolute Gasteiger partial charge is 0.0683 e. The maximum atomic E-state index is 2.76. The van der Waals surface area contributed by atoms with Crippen molar-refractivity contribution < 1.29 is 0 Å². The van der Waals surface area contributed by atoms with Crippen molar-refractivity contribution in [1.29, 1.82) is 0 Å². The van der Waals surface area contributed by atoms with Crippen LogP contribution in [0.5, 0.6) is 0 Å². The monoisotopic (exact) mass is 388 g/mol. The van der Waals surface area contributed by atoms with Crippen LogP contribution in [0.3, 0.4) is 0 Å². The van der Waals surface area contributed by atoms with Gasteiger partial charge in [0.25, 0.3) is 0 Å². The molecular weight excluding hydrogens is 336 g/mol. The van der Waals surface area contributed by atoms with Crippen molar-refractivity contribution >= 4 is 0 Å². The lowest BCUT2D eigenvalue weighted by Crippen LogP contribution is -2.55. The second kappa shape index (κ2) is 9.01. The zero-order valence-corrected chi connectivity index (χ0v) is 20.5. The van der Waals surface area contributed by atoms with Crippen molar-refractivity contribution in [3.05, 3.63) is 0 Å². The van der Waals surface area contributed by atoms with E-state index in [4.69, 9.17) is 0 Å². The van der Waals surface area contributed by atoms with Gasteiger partial charge in [0.15, 0.2) is 0 Å². The predicted molar refractivity (Wildman–Crippen MR) is 124 cm³/mol. The summed E-state index contributed by atoms with van der Waals surface area (Å²) >= 11 is 0. The molecule has 0 amide bonds. The van der Waals surface area contributed by atoms with Gasteiger partial charge in [-0.25, -0.2) is 0 Å². The molecule has 7 unspecified atom stereocenters. The normalized spacial score (nSPS) is 48.5. The van der Waals surface area contributed by atoms with E-state index in [1.165, 1.54) is 32.1 Å². The summed E-state index contributed by atoms with van der Waals surface area (Å²) in [5, 5.41) is 0. The average molecular weight is 389 g/mol. The van der Waals surface area contributed by atoms with Crippen LogP contribution >= 0.6 is 0 Å². The summed E-state index contributed by atoms with van der Waals surface area (Å²) in [6.07, 6.45) is 18.2. The van der Waals surface area contributed by atoms with Crippen molar-refractivity contribution in [1.82, 2.24) is 0 Å². The first kappa shape index (κ1) is 22.7. The summed E-state index contributed by atoms with van der Waals surface area (Å²) in [5.74, 6) is 7.25. The van der Waals surface area contributed by atoms with Crippen LogP contribution < -0.4 is 0 Å². The summed E-state index contributed by atoms with van der Waals surface area (Å²) in [5.41, 5.74) is 1.36. The molecule has 4 rings (SSSR count). The van der Waals surface area contributed by atoms with Gasteiger partial charge in [-0.1, -0.05) is 80.6 Å². The third kappa shape index (κ3) is 3.51. The molecule has 0 aromatic heterocycles. The predicted octanol–water partition coefficient (Wildman–Crippen LogP) is 9.13. The highest BCUT2D eigenvalue weighted by Gasteiger charge is 2.61. The van der Waals surface area contributed by atoms with E-state index in [-0.39, 0.29) is 0 Å². The first-order valence-corrected chi connectivity index (χ1v) is 13.5. The Hall–Kier alpha value is 0. The Morgan fingerprint density at radius 3 is 2.21 bits per heavy atom. The molecule has 0 saturated heterocycles. The highest BCUT2D eigenvalue weighted by atomic mass is 14.7. The molecule has 0 heteroatoms. The van der Waals surface area contributed by atoms with Gasteiger partial charge >= 0.3 is 0 Å². The van der Waals surface area contributed by atoms with Crippen LogP contribution in [0.25, 0.3) is 0 Å². The fraction of sp³-hybridized carbons (Fsp3) is 1.00. The summed E-state index contributed by atoms with van der Waals surface area (Å²) < 4.78 is 0. The first-order valence-electron chi connectivity index (χ1n) is 13.5. The van der Waals surface area contributed by atoms with Gasteiger partial charge in [0.1, 0.15) is 0 Å². The van der Waals surface area contributed by atoms with Crippen molar-refractivity contribution in [2.75, 3.05) is 0 Å². The average Bonchev–Trinajstić information content (AvgIpc) is 3.06. The molecule has 4 aliphatic carbocycles. The Morgan fingerprint density at radius 2 is 1.54 bits per heavy atom. The second-order valence-corrected chi connectivity index (χ2v) is 11.6. The molecule has 0 radical (unpaired) electrons. The highest BCUT2D eigenvalue weighted by molar-refractivity contribution is 5.10. The van der Waals surface area contributed by atoms with E-state index in [9.17, 15) is 0 Å². The molecule has 0 bridgehead atoms. The van der Waals surface area contributed by atoms with Gasteiger partial charge in [0, 0.05) is 0 Å². The smallest absolute Gasteiger partial charge is 0.0264 e. The van der Waals surface area contributed by atoms with Crippen LogP contribution in [0, 0.1) is 52.3 Å². The molecule has 9 atom stereocenters. The van der Waals surface area contributed by atoms with E-state index in [2.05, 4.69) is 34.6 Å². The molecule has 0 heterocycles. The van der Waals surface area contributed by atoms with Crippen LogP contribution in [0.1, 0.15) is 126 Å². The maximum Gasteiger partial charge on any atom is -0.0264 e. The van der Waals surface area contributed by atoms with Crippen LogP contribution in [-0.2, 0) is 0 Å². The number of hydrogen-bond acceptors (Lipinski definition) is 0. The van der Waals surface area contributed by atoms with Gasteiger partial charge in [-0.15, -0.1) is 0 Å². The lowest BCUT2D eigenvalue weighted by Gasteiger charge is -2.63. The SMILES string of the molecule is CC.CCC[C@@H](C)C1CCC2C3C[C@H](CC)C4CCCCC4(C)C3CCC21C. The molecule has 0 N–H and O–H groups in total. The van der Waals surface area contributed by atoms with Crippen LogP contribution in [0.4, 0.5) is 0 Å². The van der Waals surface area contributed by atoms with Crippen molar-refractivity contribution in [3.8, 4) is 0 Å². The Balaban J connectivity index is 0.00000109. The fourth-order valence-electron chi connectivity index (χ4n) is 9.65. The van der Waals surface area contributed by atoms with E-state index < -0.39 is 0 Å². The summed E-state index contributed by atoms with van der Waals surface area (Å²) in [6, 6.07) is 0. The van der Waals surface area contributed by atoms with Crippen molar-refractivity contribution in [2.45, 2.75) is 126 Å². The molecule has 4 aliphatic rings. The molecule has 4 fully saturated rings. The van der Waals surface area contributed by atoms with E-state index in [1.807, 2.05) is 13.8 Å². The van der Waals surface area contributed by atoms with E-state index >= 15 is 0 Å². The van der Waals surface area contributed by atoms with Gasteiger partial charge in [-0.05, 0) is 97.2 Å². The maximum absolute atomic E-state index is 2.76. The van der Waals surface area contributed by atoms with Gasteiger partial charge in [0.2, 0.25) is 0 Å². The molecule has 0 aromatic carbocycles. The Bertz CT molecular complexity index is 494. The topological polar surface area (TPSA) is 0 Å². The zero-order valence-electron chi connectivity index (χ0n) is 20.5. The molecule has 0 aliphatic heterocycles. The molecule has 4 saturated carbocycles. The third-order valence-electron chi connectivity index (χ3n) is 10.8. The summed E-state index contributed by atoms with van der Waals surface area (Å²) in [4.78, 5) is 0. The molecule has 0 nitrogen and oxygen atoms in total. The number of hydrogen-bond donors (Lipinski definition) is 0. The molecular formula is C28H52. The van der Waals surface area contributed by atoms with Crippen molar-refractivity contribution in [3.63, 3.8) is 0 Å². The van der Waals surface area contributed by atoms with Gasteiger partial charge in [-0.3, -0.25) is 0 Å². The van der Waals surface area contributed by atoms with E-state index in [1.54, 1.807) is 44.9 Å². The third-order valence-corrected chi connectivity index (χ3v) is 10.8. The quantitative estimate of drug-likeness (QED) is 0.450. The van der Waals surface area contributed by atoms with Crippen LogP contribution in [0.15, 0.2) is 0 Å². The summed E-state index contributed by atoms with van der Waals surface area (Å²) in [6.45, 7) is 17.0. The van der Waals surface area contributed by atoms with Gasteiger partial charge in [-0.2, -0.15) is 0 Å². The summed E-state index contributed by atoms with van der Waals surface area (Å²) in [7, 11) is 0. The zero-order chi connectivity index (χ0) is 20.5. The first-order chi connectivity index (χ1) is 13.5. The molecule has 0 spiro atoms. The second-order valence-electron chi connectivity index (χ2n) is 11.6. The van der Waals surface area contributed by atoms with Crippen LogP contribution in [-0.4, -0.2) is 0 Å². The van der Waals surface area contributed by atoms with Gasteiger partial charge in [0.05, 0.1) is 0 Å². The Kier molecular flexibility index (Phi) is 7.30. The number of rotatable bonds is 4. The lowest BCUT2D eigenvalue weighted by atomic mass is 9.42. The standard InChI is InChI=1S/C26H46.C2H6/c1-6-10-18(3)21-12-13-23-20-17-19(7-2)22-11-8-9-15-25(22,4)24(20)14-16-26(21,23)5;1-2/h18-24H,6-17H2,1-5H3;1-2H3/t18-,19+,20?,21?,22?,23?,24?,25?,26?;/m1./s1. The fourth-order valence-corrected chi connectivity index (χ4v) is 9.65. The minimum absolute atomic E-state index is 0.673. The molecule has 164 valence electrons. The van der Waals surface area contributed by atoms with Crippen molar-refractivity contribution in [2.24, 2.45) is 52.3 Å². The lowest BCUT2D eigenvalue weighted by molar-refractivity contribution is -0.138. The van der Waals surface area contributed by atoms with E-state index in [0.717, 1.165) is 41.4 Å². The van der Waals surface area contributed by atoms with Gasteiger partial charge < -0.3 is 0 Å². The molecule has 0 aromatic rings. The Morgan fingerprint density at radius 1 is 0.821 bits per heavy atom. The molecule has 28 heavy (non-hydrogen) atoms. The minimum Gasteiger partial charge on any atom is -0.0683 e. The minimum atomic E-state index is 0.673. The highest BCUT2D eigenvalue weighted by Crippen LogP contribution is 2.69. The Labute approximate surface area is 178 Å². The van der Waals surface area contributed by atoms with E-state index in [0.29, 0.717) is 10.8 Å². The number of fused-ring (bicyclic) bond motifs is 5. The van der Waals surface area contributed by atoms with Crippen LogP contribution in [0.2, 0.25) is 0 Å².